The molecule has 0 aliphatic carbocycles. The van der Waals surface area contributed by atoms with Crippen LogP contribution >= 0.6 is 0 Å². The average Bonchev–Trinajstić information content (AvgIpc) is 2.98. The van der Waals surface area contributed by atoms with Crippen LogP contribution in [0.5, 0.6) is 0 Å². The van der Waals surface area contributed by atoms with Crippen molar-refractivity contribution >= 4 is 29.7 Å². The van der Waals surface area contributed by atoms with Crippen molar-refractivity contribution in [3.8, 4) is 0 Å². The maximum Gasteiger partial charge on any atom is 0.437 e. The molecule has 10 nitrogen and oxygen atoms in total. The van der Waals surface area contributed by atoms with Gasteiger partial charge in [0.1, 0.15) is 22.7 Å². The molecule has 0 saturated heterocycles. The summed E-state index contributed by atoms with van der Waals surface area (Å²) in [4.78, 5) is 27.9. The van der Waals surface area contributed by atoms with Gasteiger partial charge in [-0.15, -0.1) is 4.99 Å². The molecule has 0 bridgehead atoms. The third kappa shape index (κ3) is 5.94. The van der Waals surface area contributed by atoms with Crippen LogP contribution in [0, 0.1) is 0 Å². The van der Waals surface area contributed by atoms with Crippen molar-refractivity contribution in [3.63, 3.8) is 0 Å². The van der Waals surface area contributed by atoms with Crippen molar-refractivity contribution in [2.75, 3.05) is 17.2 Å². The first-order valence-electron chi connectivity index (χ1n) is 8.31. The molecule has 2 amide bonds. The minimum Gasteiger partial charge on any atom is -0.444 e. The fourth-order valence-electron chi connectivity index (χ4n) is 2.10. The fourth-order valence-corrected chi connectivity index (χ4v) is 2.10. The second-order valence-corrected chi connectivity index (χ2v) is 7.75. The van der Waals surface area contributed by atoms with E-state index in [4.69, 9.17) is 9.47 Å². The lowest BCUT2D eigenvalue weighted by Gasteiger charge is -2.21. The van der Waals surface area contributed by atoms with E-state index < -0.39 is 23.4 Å². The average molecular weight is 366 g/mol. The van der Waals surface area contributed by atoms with Gasteiger partial charge in [-0.2, -0.15) is 5.10 Å². The van der Waals surface area contributed by atoms with Crippen LogP contribution < -0.4 is 16.0 Å². The molecule has 26 heavy (non-hydrogen) atoms. The summed E-state index contributed by atoms with van der Waals surface area (Å²) in [6.07, 6.45) is -0.0139. The smallest absolute Gasteiger partial charge is 0.437 e. The van der Waals surface area contributed by atoms with Crippen LogP contribution in [-0.4, -0.2) is 45.7 Å². The van der Waals surface area contributed by atoms with Gasteiger partial charge < -0.3 is 20.1 Å². The summed E-state index contributed by atoms with van der Waals surface area (Å²) in [6, 6.07) is 0. The number of hydrogen-bond acceptors (Lipinski definition) is 6. The minimum absolute atomic E-state index is 0.113. The van der Waals surface area contributed by atoms with Crippen LogP contribution in [0.2, 0.25) is 0 Å². The molecule has 0 radical (unpaired) electrons. The number of nitrogens with one attached hydrogen (secondary N) is 3. The minimum atomic E-state index is -0.840. The third-order valence-corrected chi connectivity index (χ3v) is 2.92. The monoisotopic (exact) mass is 366 g/mol. The second kappa shape index (κ2) is 7.22. The molecule has 0 spiro atoms. The van der Waals surface area contributed by atoms with E-state index in [1.807, 2.05) is 0 Å². The van der Waals surface area contributed by atoms with Gasteiger partial charge in [-0.1, -0.05) is 0 Å². The number of hydrogen-bond donors (Lipinski definition) is 3. The van der Waals surface area contributed by atoms with Crippen LogP contribution in [0.1, 0.15) is 41.5 Å². The van der Waals surface area contributed by atoms with Gasteiger partial charge in [0.2, 0.25) is 5.96 Å². The first-order chi connectivity index (χ1) is 11.9. The zero-order valence-corrected chi connectivity index (χ0v) is 16.0. The number of nitrogens with zero attached hydrogens (tertiary/aromatic N) is 3. The molecule has 144 valence electrons. The second-order valence-electron chi connectivity index (χ2n) is 7.75. The van der Waals surface area contributed by atoms with Crippen molar-refractivity contribution < 1.29 is 19.1 Å². The Morgan fingerprint density at radius 3 is 2.46 bits per heavy atom. The number of carbonyl (C=O) groups is 2. The summed E-state index contributed by atoms with van der Waals surface area (Å²) in [5.74, 6) is 0.630. The number of ether oxygens (including phenoxy) is 2. The lowest BCUT2D eigenvalue weighted by atomic mass is 10.2. The van der Waals surface area contributed by atoms with Crippen LogP contribution in [-0.2, 0) is 16.0 Å². The molecule has 2 rings (SSSR count). The number of rotatable bonds is 1. The van der Waals surface area contributed by atoms with Crippen LogP contribution in [0.4, 0.5) is 21.1 Å². The van der Waals surface area contributed by atoms with Crippen molar-refractivity contribution in [1.29, 1.82) is 0 Å². The Hall–Kier alpha value is -2.78. The van der Waals surface area contributed by atoms with Crippen molar-refractivity contribution in [2.24, 2.45) is 4.99 Å². The maximum atomic E-state index is 12.1. The Morgan fingerprint density at radius 2 is 1.85 bits per heavy atom. The van der Waals surface area contributed by atoms with E-state index in [1.165, 1.54) is 0 Å². The van der Waals surface area contributed by atoms with E-state index in [0.29, 0.717) is 5.69 Å². The summed E-state index contributed by atoms with van der Waals surface area (Å²) in [5, 5.41) is 12.7. The van der Waals surface area contributed by atoms with E-state index >= 15 is 0 Å². The predicted molar refractivity (Wildman–Crippen MR) is 97.4 cm³/mol. The number of amides is 2. The molecule has 1 aromatic heterocycles. The standard InChI is InChI=1S/C16H26N6O4/c1-15(2,3)25-13(23)20-12(21-14(24)26-16(4,5)6)19-10-9-18-22-8-7-17-11(10)22/h9,17H,7-8H2,1-6H3,(H2,19,20,21,23,24). The van der Waals surface area contributed by atoms with Gasteiger partial charge in [0, 0.05) is 6.54 Å². The van der Waals surface area contributed by atoms with E-state index in [-0.39, 0.29) is 5.96 Å². The largest absolute Gasteiger partial charge is 0.444 e. The highest BCUT2D eigenvalue weighted by Crippen LogP contribution is 2.24. The van der Waals surface area contributed by atoms with Crippen molar-refractivity contribution in [3.05, 3.63) is 6.20 Å². The van der Waals surface area contributed by atoms with Crippen molar-refractivity contribution in [2.45, 2.75) is 59.3 Å². The third-order valence-electron chi connectivity index (χ3n) is 2.92. The summed E-state index contributed by atoms with van der Waals surface area (Å²) >= 11 is 0. The van der Waals surface area contributed by atoms with E-state index in [0.717, 1.165) is 18.9 Å². The zero-order valence-electron chi connectivity index (χ0n) is 16.0. The van der Waals surface area contributed by atoms with Crippen molar-refractivity contribution in [1.82, 2.24) is 15.1 Å². The summed E-state index contributed by atoms with van der Waals surface area (Å²) < 4.78 is 12.1. The Labute approximate surface area is 152 Å². The Balaban J connectivity index is 2.17. The predicted octanol–water partition coefficient (Wildman–Crippen LogP) is 2.54. The number of alkyl carbamates (subject to hydrolysis) is 1. The topological polar surface area (TPSA) is 119 Å². The highest BCUT2D eigenvalue weighted by Gasteiger charge is 2.22. The maximum absolute atomic E-state index is 12.1. The van der Waals surface area contributed by atoms with Gasteiger partial charge in [-0.25, -0.2) is 14.3 Å². The number of fused-ring (bicyclic) bond motifs is 1. The first-order valence-corrected chi connectivity index (χ1v) is 8.31. The normalized spacial score (nSPS) is 14.3. The molecule has 10 heteroatoms. The van der Waals surface area contributed by atoms with Crippen LogP contribution in [0.25, 0.3) is 0 Å². The van der Waals surface area contributed by atoms with Gasteiger partial charge in [0.15, 0.2) is 0 Å². The van der Waals surface area contributed by atoms with Crippen LogP contribution in [0.3, 0.4) is 0 Å². The molecule has 1 aliphatic heterocycles. The molecule has 0 fully saturated rings. The summed E-state index contributed by atoms with van der Waals surface area (Å²) in [6.45, 7) is 11.9. The van der Waals surface area contributed by atoms with E-state index in [9.17, 15) is 9.59 Å². The lowest BCUT2D eigenvalue weighted by Crippen LogP contribution is -2.40. The number of anilines is 2. The number of aromatic nitrogens is 2. The quantitative estimate of drug-likeness (QED) is 0.516. The van der Waals surface area contributed by atoms with Crippen LogP contribution in [0.15, 0.2) is 11.2 Å². The molecular weight excluding hydrogens is 340 g/mol. The number of guanidine groups is 1. The molecule has 1 aliphatic rings. The Bertz CT molecular complexity index is 711. The number of aliphatic imine (C=N–C) groups is 1. The SMILES string of the molecule is CC(C)(C)OC(=O)/N=C(/NC(=O)OC(C)(C)C)Nc1cnn2c1NCC2. The fraction of sp³-hybridized carbons (Fsp3) is 0.625. The van der Waals surface area contributed by atoms with Gasteiger partial charge in [-0.05, 0) is 41.5 Å². The molecule has 0 unspecified atom stereocenters. The molecular formula is C16H26N6O4. The first kappa shape index (κ1) is 19.5. The lowest BCUT2D eigenvalue weighted by molar-refractivity contribution is 0.0562. The Kier molecular flexibility index (Phi) is 5.43. The summed E-state index contributed by atoms with van der Waals surface area (Å²) in [5.41, 5.74) is -0.833. The number of carbonyl (C=O) groups excluding carboxylic acids is 2. The molecule has 3 N–H and O–H groups in total. The highest BCUT2D eigenvalue weighted by atomic mass is 16.6. The van der Waals surface area contributed by atoms with E-state index in [2.05, 4.69) is 26.0 Å². The highest BCUT2D eigenvalue weighted by molar-refractivity contribution is 6.07. The van der Waals surface area contributed by atoms with Gasteiger partial charge in [-0.3, -0.25) is 5.32 Å². The molecule has 0 aromatic carbocycles. The molecule has 1 aromatic rings. The summed E-state index contributed by atoms with van der Waals surface area (Å²) in [7, 11) is 0. The van der Waals surface area contributed by atoms with Gasteiger partial charge in [0.05, 0.1) is 12.7 Å². The molecule has 2 heterocycles. The Morgan fingerprint density at radius 1 is 1.19 bits per heavy atom. The van der Waals surface area contributed by atoms with Gasteiger partial charge >= 0.3 is 12.2 Å². The van der Waals surface area contributed by atoms with Gasteiger partial charge in [0.25, 0.3) is 0 Å². The van der Waals surface area contributed by atoms with E-state index in [1.54, 1.807) is 52.4 Å². The molecule has 0 saturated carbocycles. The molecule has 0 atom stereocenters. The zero-order chi connectivity index (χ0) is 19.5.